The van der Waals surface area contributed by atoms with Crippen LogP contribution in [0.2, 0.25) is 0 Å². The molecular weight excluding hydrogens is 381 g/mol. The minimum absolute atomic E-state index is 0.0237. The van der Waals surface area contributed by atoms with Gasteiger partial charge in [-0.05, 0) is 31.4 Å². The lowest BCUT2D eigenvalue weighted by Crippen LogP contribution is -2.47. The Morgan fingerprint density at radius 3 is 2.85 bits per heavy atom. The molecule has 0 radical (unpaired) electrons. The molecule has 4 heterocycles. The molecule has 3 atom stereocenters. The van der Waals surface area contributed by atoms with Crippen LogP contribution in [-0.2, 0) is 4.79 Å². The summed E-state index contributed by atoms with van der Waals surface area (Å²) >= 11 is 1.15. The van der Waals surface area contributed by atoms with Gasteiger partial charge < -0.3 is 15.5 Å². The predicted molar refractivity (Wildman–Crippen MR) is 94.7 cm³/mol. The molecule has 27 heavy (non-hydrogen) atoms. The normalized spacial score (nSPS) is 24.8. The minimum atomic E-state index is -4.98. The monoisotopic (exact) mass is 398 g/mol. The maximum Gasteiger partial charge on any atom is 0.471 e. The fraction of sp³-hybridized carbons (Fsp3) is 0.471. The molecule has 144 valence electrons. The Hall–Kier alpha value is -2.20. The molecule has 2 bridgehead atoms. The van der Waals surface area contributed by atoms with Gasteiger partial charge in [-0.2, -0.15) is 13.2 Å². The molecule has 2 saturated heterocycles. The van der Waals surface area contributed by atoms with Gasteiger partial charge in [0.05, 0.1) is 10.4 Å². The Labute approximate surface area is 156 Å². The lowest BCUT2D eigenvalue weighted by Gasteiger charge is -2.30. The lowest BCUT2D eigenvalue weighted by molar-refractivity contribution is -0.167. The van der Waals surface area contributed by atoms with Gasteiger partial charge in [-0.15, -0.1) is 11.3 Å². The van der Waals surface area contributed by atoms with Gasteiger partial charge in [0.25, 0.3) is 5.91 Å². The maximum absolute atomic E-state index is 12.5. The molecule has 1 unspecified atom stereocenters. The number of hydrogen-bond donors (Lipinski definition) is 2. The van der Waals surface area contributed by atoms with E-state index in [9.17, 15) is 22.8 Å². The number of rotatable bonds is 3. The molecule has 0 aliphatic carbocycles. The Morgan fingerprint density at radius 1 is 1.30 bits per heavy atom. The number of fused-ring (bicyclic) bond motifs is 3. The largest absolute Gasteiger partial charge is 0.471 e. The summed E-state index contributed by atoms with van der Waals surface area (Å²) in [6.07, 6.45) is -1.47. The van der Waals surface area contributed by atoms with Crippen LogP contribution in [0.25, 0.3) is 10.1 Å². The van der Waals surface area contributed by atoms with Crippen LogP contribution in [0, 0.1) is 5.92 Å². The number of anilines is 1. The molecule has 6 nitrogen and oxygen atoms in total. The highest BCUT2D eigenvalue weighted by Crippen LogP contribution is 2.32. The number of alkyl halides is 3. The molecule has 0 spiro atoms. The number of pyridine rings is 1. The van der Waals surface area contributed by atoms with Crippen LogP contribution >= 0.6 is 11.3 Å². The summed E-state index contributed by atoms with van der Waals surface area (Å²) < 4.78 is 38.1. The molecule has 0 aromatic carbocycles. The van der Waals surface area contributed by atoms with Crippen LogP contribution in [0.15, 0.2) is 17.6 Å². The first-order valence-corrected chi connectivity index (χ1v) is 9.46. The summed E-state index contributed by atoms with van der Waals surface area (Å²) in [6, 6.07) is 1.47. The van der Waals surface area contributed by atoms with Gasteiger partial charge in [0.15, 0.2) is 0 Å². The van der Waals surface area contributed by atoms with E-state index >= 15 is 0 Å². The molecule has 2 aliphatic rings. The fourth-order valence-electron chi connectivity index (χ4n) is 3.77. The number of amides is 2. The number of aromatic nitrogens is 1. The number of thiophene rings is 1. The summed E-state index contributed by atoms with van der Waals surface area (Å²) in [5.74, 6) is -1.80. The molecule has 2 aliphatic heterocycles. The maximum atomic E-state index is 12.5. The number of carbonyl (C=O) groups excluding carboxylic acids is 2. The molecule has 2 amide bonds. The first-order valence-electron chi connectivity index (χ1n) is 8.58. The molecule has 2 fully saturated rings. The van der Waals surface area contributed by atoms with E-state index in [-0.39, 0.29) is 23.3 Å². The van der Waals surface area contributed by atoms with E-state index in [1.807, 2.05) is 5.32 Å². The summed E-state index contributed by atoms with van der Waals surface area (Å²) in [5.41, 5.74) is 0.145. The van der Waals surface area contributed by atoms with E-state index in [4.69, 9.17) is 0 Å². The van der Waals surface area contributed by atoms with Crippen LogP contribution in [0.3, 0.4) is 0 Å². The first-order chi connectivity index (χ1) is 12.8. The van der Waals surface area contributed by atoms with E-state index in [1.54, 1.807) is 0 Å². The number of carbonyl (C=O) groups is 2. The van der Waals surface area contributed by atoms with Gasteiger partial charge in [0.1, 0.15) is 5.69 Å². The number of piperidine rings is 1. The summed E-state index contributed by atoms with van der Waals surface area (Å²) in [6.45, 7) is 2.93. The van der Waals surface area contributed by atoms with Gasteiger partial charge in [-0.25, -0.2) is 4.98 Å². The van der Waals surface area contributed by atoms with Crippen LogP contribution in [0.1, 0.15) is 23.3 Å². The zero-order valence-electron chi connectivity index (χ0n) is 14.2. The van der Waals surface area contributed by atoms with E-state index < -0.39 is 12.1 Å². The zero-order valence-corrected chi connectivity index (χ0v) is 15.0. The Morgan fingerprint density at radius 2 is 2.11 bits per heavy atom. The summed E-state index contributed by atoms with van der Waals surface area (Å²) in [5, 5.41) is 6.60. The van der Waals surface area contributed by atoms with Crippen molar-refractivity contribution < 1.29 is 22.8 Å². The smallest absolute Gasteiger partial charge is 0.347 e. The number of nitrogens with zero attached hydrogens (tertiary/aromatic N) is 2. The van der Waals surface area contributed by atoms with Crippen molar-refractivity contribution in [3.63, 3.8) is 0 Å². The third-order valence-electron chi connectivity index (χ3n) is 5.00. The van der Waals surface area contributed by atoms with Crippen LogP contribution in [0.4, 0.5) is 18.9 Å². The third kappa shape index (κ3) is 3.77. The average Bonchev–Trinajstić information content (AvgIpc) is 3.16. The molecular formula is C17H17F3N4O2S. The third-order valence-corrected chi connectivity index (χ3v) is 5.93. The van der Waals surface area contributed by atoms with Gasteiger partial charge in [0, 0.05) is 36.1 Å². The summed E-state index contributed by atoms with van der Waals surface area (Å²) in [4.78, 5) is 30.2. The highest BCUT2D eigenvalue weighted by molar-refractivity contribution is 7.17. The van der Waals surface area contributed by atoms with Crippen molar-refractivity contribution in [2.45, 2.75) is 25.1 Å². The van der Waals surface area contributed by atoms with Crippen molar-refractivity contribution in [3.05, 3.63) is 23.3 Å². The number of hydrogen-bond acceptors (Lipinski definition) is 5. The van der Waals surface area contributed by atoms with Crippen molar-refractivity contribution >= 4 is 38.9 Å². The molecule has 10 heteroatoms. The van der Waals surface area contributed by atoms with Gasteiger partial charge >= 0.3 is 12.1 Å². The SMILES string of the molecule is O=C(N[C@@H]1C[C@@H]2CCN(C2)C1)c1cc2c(NC(=O)C(F)(F)F)csc2cn1. The second kappa shape index (κ2) is 6.75. The second-order valence-electron chi connectivity index (χ2n) is 6.99. The van der Waals surface area contributed by atoms with Crippen LogP contribution < -0.4 is 10.6 Å². The molecule has 4 rings (SSSR count). The van der Waals surface area contributed by atoms with Crippen LogP contribution in [-0.4, -0.2) is 53.6 Å². The summed E-state index contributed by atoms with van der Waals surface area (Å²) in [7, 11) is 0. The van der Waals surface area contributed by atoms with E-state index in [2.05, 4.69) is 15.2 Å². The van der Waals surface area contributed by atoms with Crippen molar-refractivity contribution in [2.75, 3.05) is 25.0 Å². The van der Waals surface area contributed by atoms with Crippen molar-refractivity contribution in [2.24, 2.45) is 5.92 Å². The van der Waals surface area contributed by atoms with E-state index in [1.165, 1.54) is 17.6 Å². The molecule has 2 aromatic rings. The topological polar surface area (TPSA) is 74.3 Å². The lowest BCUT2D eigenvalue weighted by atomic mass is 9.97. The number of halogens is 3. The van der Waals surface area contributed by atoms with Crippen molar-refractivity contribution in [3.8, 4) is 0 Å². The molecule has 0 saturated carbocycles. The standard InChI is InChI=1S/C17H17F3N4O2S/c18-17(19,20)16(26)23-13-8-27-14-5-21-12(4-11(13)14)15(25)22-10-3-9-1-2-24(6-9)7-10/h4-5,8-10H,1-3,6-7H2,(H,22,25)(H,23,26)/t9-,10+/m0/s1. The molecule has 2 aromatic heterocycles. The van der Waals surface area contributed by atoms with Crippen LogP contribution in [0.5, 0.6) is 0 Å². The highest BCUT2D eigenvalue weighted by Gasteiger charge is 2.39. The average molecular weight is 398 g/mol. The zero-order chi connectivity index (χ0) is 19.2. The Bertz CT molecular complexity index is 886. The van der Waals surface area contributed by atoms with Crippen molar-refractivity contribution in [1.82, 2.24) is 15.2 Å². The fourth-order valence-corrected chi connectivity index (χ4v) is 4.61. The van der Waals surface area contributed by atoms with Crippen molar-refractivity contribution in [1.29, 1.82) is 0 Å². The van der Waals surface area contributed by atoms with Gasteiger partial charge in [0.2, 0.25) is 0 Å². The second-order valence-corrected chi connectivity index (χ2v) is 7.90. The van der Waals surface area contributed by atoms with Gasteiger partial charge in [-0.1, -0.05) is 0 Å². The molecule has 2 N–H and O–H groups in total. The highest BCUT2D eigenvalue weighted by atomic mass is 32.1. The minimum Gasteiger partial charge on any atom is -0.347 e. The quantitative estimate of drug-likeness (QED) is 0.834. The number of nitrogens with one attached hydrogen (secondary N) is 2. The predicted octanol–water partition coefficient (Wildman–Crippen LogP) is 2.62. The van der Waals surface area contributed by atoms with E-state index in [0.717, 1.165) is 43.8 Å². The van der Waals surface area contributed by atoms with E-state index in [0.29, 0.717) is 16.0 Å². The first kappa shape index (κ1) is 18.2. The Balaban J connectivity index is 1.51. The Kier molecular flexibility index (Phi) is 4.55. The van der Waals surface area contributed by atoms with Gasteiger partial charge in [-0.3, -0.25) is 9.59 Å².